The summed E-state index contributed by atoms with van der Waals surface area (Å²) in [6.07, 6.45) is 0.908. The van der Waals surface area contributed by atoms with Gasteiger partial charge >= 0.3 is 0 Å². The van der Waals surface area contributed by atoms with E-state index in [9.17, 15) is 0 Å². The van der Waals surface area contributed by atoms with E-state index >= 15 is 0 Å². The molecule has 1 atom stereocenters. The number of methoxy groups -OCH3 is 4. The minimum Gasteiger partial charge on any atom is -0.497 e. The molecule has 5 heteroatoms. The minimum absolute atomic E-state index is 0.381. The van der Waals surface area contributed by atoms with Crippen LogP contribution in [0.25, 0.3) is 0 Å². The average molecular weight is 329 g/mol. The van der Waals surface area contributed by atoms with E-state index in [0.717, 1.165) is 30.0 Å². The predicted octanol–water partition coefficient (Wildman–Crippen LogP) is 3.47. The molecule has 24 heavy (non-hydrogen) atoms. The molecule has 3 rings (SSSR count). The van der Waals surface area contributed by atoms with E-state index in [2.05, 4.69) is 17.4 Å². The second-order valence-electron chi connectivity index (χ2n) is 5.73. The number of anilines is 1. The number of hydrogen-bond acceptors (Lipinski definition) is 5. The molecule has 128 valence electrons. The molecule has 0 aliphatic carbocycles. The molecule has 1 aliphatic rings. The summed E-state index contributed by atoms with van der Waals surface area (Å²) in [5, 5.41) is 3.49. The van der Waals surface area contributed by atoms with Gasteiger partial charge in [0.2, 0.25) is 5.75 Å². The van der Waals surface area contributed by atoms with Crippen LogP contribution in [0.3, 0.4) is 0 Å². The van der Waals surface area contributed by atoms with Crippen LogP contribution in [0.5, 0.6) is 23.0 Å². The van der Waals surface area contributed by atoms with Crippen molar-refractivity contribution >= 4 is 5.69 Å². The number of benzene rings is 2. The van der Waals surface area contributed by atoms with Gasteiger partial charge in [0.05, 0.1) is 34.1 Å². The van der Waals surface area contributed by atoms with Crippen LogP contribution in [0.15, 0.2) is 30.3 Å². The summed E-state index contributed by atoms with van der Waals surface area (Å²) >= 11 is 0. The van der Waals surface area contributed by atoms with Crippen LogP contribution in [-0.4, -0.2) is 35.0 Å². The first-order valence-corrected chi connectivity index (χ1v) is 7.91. The van der Waals surface area contributed by atoms with Crippen LogP contribution < -0.4 is 24.3 Å². The molecule has 0 amide bonds. The number of nitrogens with one attached hydrogen (secondary N) is 1. The Labute approximate surface area is 142 Å². The van der Waals surface area contributed by atoms with Crippen molar-refractivity contribution in [3.05, 3.63) is 41.5 Å². The van der Waals surface area contributed by atoms with E-state index in [-0.39, 0.29) is 0 Å². The monoisotopic (exact) mass is 329 g/mol. The molecule has 0 saturated heterocycles. The van der Waals surface area contributed by atoms with E-state index in [4.69, 9.17) is 18.9 Å². The van der Waals surface area contributed by atoms with E-state index in [1.165, 1.54) is 5.56 Å². The molecule has 5 nitrogen and oxygen atoms in total. The molecular weight excluding hydrogens is 306 g/mol. The molecule has 0 bridgehead atoms. The fraction of sp³-hybridized carbons (Fsp3) is 0.368. The molecule has 1 aliphatic heterocycles. The van der Waals surface area contributed by atoms with Gasteiger partial charge in [0.25, 0.3) is 0 Å². The Morgan fingerprint density at radius 2 is 1.58 bits per heavy atom. The summed E-state index contributed by atoms with van der Waals surface area (Å²) in [5.74, 6) is 3.25. The third kappa shape index (κ3) is 2.82. The highest BCUT2D eigenvalue weighted by Crippen LogP contribution is 2.48. The van der Waals surface area contributed by atoms with Crippen molar-refractivity contribution in [2.75, 3.05) is 40.3 Å². The molecule has 2 aromatic rings. The van der Waals surface area contributed by atoms with Gasteiger partial charge in [0.15, 0.2) is 11.5 Å². The van der Waals surface area contributed by atoms with Gasteiger partial charge < -0.3 is 24.3 Å². The van der Waals surface area contributed by atoms with E-state index < -0.39 is 0 Å². The largest absolute Gasteiger partial charge is 0.497 e. The highest BCUT2D eigenvalue weighted by Gasteiger charge is 2.27. The van der Waals surface area contributed by atoms with Crippen LogP contribution in [0.1, 0.15) is 17.0 Å². The first-order valence-electron chi connectivity index (χ1n) is 7.91. The Balaban J connectivity index is 1.95. The van der Waals surface area contributed by atoms with Crippen molar-refractivity contribution < 1.29 is 18.9 Å². The van der Waals surface area contributed by atoms with Gasteiger partial charge in [-0.15, -0.1) is 0 Å². The Morgan fingerprint density at radius 1 is 0.875 bits per heavy atom. The van der Waals surface area contributed by atoms with Crippen LogP contribution >= 0.6 is 0 Å². The summed E-state index contributed by atoms with van der Waals surface area (Å²) in [5.41, 5.74) is 3.43. The van der Waals surface area contributed by atoms with Crippen molar-refractivity contribution in [1.82, 2.24) is 0 Å². The molecule has 0 fully saturated rings. The maximum Gasteiger partial charge on any atom is 0.205 e. The maximum absolute atomic E-state index is 5.56. The number of rotatable bonds is 5. The Kier molecular flexibility index (Phi) is 4.69. The Morgan fingerprint density at radius 3 is 2.17 bits per heavy atom. The third-order valence-electron chi connectivity index (χ3n) is 4.49. The van der Waals surface area contributed by atoms with Crippen molar-refractivity contribution in [2.45, 2.75) is 12.3 Å². The van der Waals surface area contributed by atoms with Gasteiger partial charge in [0, 0.05) is 12.5 Å². The molecule has 1 unspecified atom stereocenters. The van der Waals surface area contributed by atoms with Crippen molar-refractivity contribution in [1.29, 1.82) is 0 Å². The Hall–Kier alpha value is -2.56. The quantitative estimate of drug-likeness (QED) is 0.910. The standard InChI is InChI=1S/C19H23NO4/c1-21-15-7-5-12(6-8-15)14-9-13-10-16(22-2)18(23-3)19(24-4)17(13)20-11-14/h5-8,10,14,20H,9,11H2,1-4H3. The average Bonchev–Trinajstić information content (AvgIpc) is 2.65. The normalized spacial score (nSPS) is 15.9. The molecular formula is C19H23NO4. The number of fused-ring (bicyclic) bond motifs is 1. The summed E-state index contributed by atoms with van der Waals surface area (Å²) in [4.78, 5) is 0. The fourth-order valence-electron chi connectivity index (χ4n) is 3.24. The van der Waals surface area contributed by atoms with Crippen LogP contribution in [0, 0.1) is 0 Å². The lowest BCUT2D eigenvalue weighted by atomic mass is 9.87. The third-order valence-corrected chi connectivity index (χ3v) is 4.49. The minimum atomic E-state index is 0.381. The zero-order valence-corrected chi connectivity index (χ0v) is 14.5. The lowest BCUT2D eigenvalue weighted by molar-refractivity contribution is 0.324. The summed E-state index contributed by atoms with van der Waals surface area (Å²) in [6, 6.07) is 10.3. The van der Waals surface area contributed by atoms with E-state index in [1.807, 2.05) is 18.2 Å². The highest BCUT2D eigenvalue weighted by atomic mass is 16.5. The number of ether oxygens (including phenoxy) is 4. The lowest BCUT2D eigenvalue weighted by Gasteiger charge is -2.29. The van der Waals surface area contributed by atoms with Gasteiger partial charge in [0.1, 0.15) is 5.75 Å². The van der Waals surface area contributed by atoms with Gasteiger partial charge in [-0.3, -0.25) is 0 Å². The van der Waals surface area contributed by atoms with Crippen LogP contribution in [0.2, 0.25) is 0 Å². The molecule has 1 N–H and O–H groups in total. The summed E-state index contributed by atoms with van der Waals surface area (Å²) in [7, 11) is 6.59. The lowest BCUT2D eigenvalue weighted by Crippen LogP contribution is -2.22. The molecule has 0 spiro atoms. The van der Waals surface area contributed by atoms with Crippen molar-refractivity contribution in [3.63, 3.8) is 0 Å². The van der Waals surface area contributed by atoms with Gasteiger partial charge in [-0.25, -0.2) is 0 Å². The number of hydrogen-bond donors (Lipinski definition) is 1. The molecule has 0 aromatic heterocycles. The summed E-state index contributed by atoms with van der Waals surface area (Å²) in [6.45, 7) is 0.838. The molecule has 0 saturated carbocycles. The van der Waals surface area contributed by atoms with Gasteiger partial charge in [-0.2, -0.15) is 0 Å². The predicted molar refractivity (Wildman–Crippen MR) is 94.0 cm³/mol. The first-order chi connectivity index (χ1) is 11.7. The first kappa shape index (κ1) is 16.3. The van der Waals surface area contributed by atoms with Crippen LogP contribution in [-0.2, 0) is 6.42 Å². The zero-order chi connectivity index (χ0) is 17.1. The van der Waals surface area contributed by atoms with Crippen LogP contribution in [0.4, 0.5) is 5.69 Å². The second kappa shape index (κ2) is 6.91. The van der Waals surface area contributed by atoms with Crippen molar-refractivity contribution in [2.24, 2.45) is 0 Å². The topological polar surface area (TPSA) is 49.0 Å². The maximum atomic E-state index is 5.56. The SMILES string of the molecule is COc1ccc(C2CNc3c(cc(OC)c(OC)c3OC)C2)cc1. The smallest absolute Gasteiger partial charge is 0.205 e. The molecule has 2 aromatic carbocycles. The van der Waals surface area contributed by atoms with E-state index in [1.54, 1.807) is 28.4 Å². The van der Waals surface area contributed by atoms with Gasteiger partial charge in [-0.1, -0.05) is 12.1 Å². The molecule has 1 heterocycles. The second-order valence-corrected chi connectivity index (χ2v) is 5.73. The van der Waals surface area contributed by atoms with Gasteiger partial charge in [-0.05, 0) is 35.7 Å². The van der Waals surface area contributed by atoms with Crippen molar-refractivity contribution in [3.8, 4) is 23.0 Å². The fourth-order valence-corrected chi connectivity index (χ4v) is 3.24. The van der Waals surface area contributed by atoms with E-state index in [0.29, 0.717) is 23.2 Å². The highest BCUT2D eigenvalue weighted by molar-refractivity contribution is 5.73. The Bertz CT molecular complexity index is 712. The molecule has 0 radical (unpaired) electrons. The zero-order valence-electron chi connectivity index (χ0n) is 14.5. The summed E-state index contributed by atoms with van der Waals surface area (Å²) < 4.78 is 21.7.